The first-order chi connectivity index (χ1) is 12.2. The van der Waals surface area contributed by atoms with Gasteiger partial charge in [0, 0.05) is 44.6 Å². The van der Waals surface area contributed by atoms with Crippen LogP contribution in [0.5, 0.6) is 0 Å². The minimum Gasteiger partial charge on any atom is -0.338 e. The Morgan fingerprint density at radius 3 is 3.00 bits per heavy atom. The monoisotopic (exact) mass is 338 g/mol. The van der Waals surface area contributed by atoms with Crippen LogP contribution in [0, 0.1) is 5.92 Å². The molecule has 4 rings (SSSR count). The van der Waals surface area contributed by atoms with E-state index in [4.69, 9.17) is 0 Å². The number of hydrogen-bond donors (Lipinski definition) is 1. The van der Waals surface area contributed by atoms with Gasteiger partial charge in [0.15, 0.2) is 0 Å². The molecule has 1 aliphatic carbocycles. The third kappa shape index (κ3) is 3.55. The van der Waals surface area contributed by atoms with Crippen LogP contribution in [-0.2, 0) is 26.3 Å². The van der Waals surface area contributed by atoms with Crippen molar-refractivity contribution in [2.45, 2.75) is 38.5 Å². The van der Waals surface area contributed by atoms with Crippen molar-refractivity contribution in [3.05, 3.63) is 47.5 Å². The van der Waals surface area contributed by atoms with Gasteiger partial charge < -0.3 is 14.8 Å². The number of carbonyl (C=O) groups excluding carboxylic acids is 1. The lowest BCUT2D eigenvalue weighted by molar-refractivity contribution is 0.176. The molecule has 2 aromatic rings. The molecule has 1 fully saturated rings. The second-order valence-corrected chi connectivity index (χ2v) is 7.38. The lowest BCUT2D eigenvalue weighted by Gasteiger charge is -2.32. The molecule has 1 aromatic carbocycles. The molecule has 2 aliphatic rings. The number of urea groups is 1. The first-order valence-electron chi connectivity index (χ1n) is 9.33. The number of aromatic nitrogens is 2. The van der Waals surface area contributed by atoms with Crippen molar-refractivity contribution >= 4 is 11.7 Å². The zero-order valence-corrected chi connectivity index (χ0v) is 14.9. The standard InChI is InChI=1S/C20H26N4O/c1-23-11-9-21-19(23)12-15-4-3-10-24(14-15)20(25)22-18-8-7-16-5-2-6-17(16)13-18/h7-9,11,13,15H,2-6,10,12,14H2,1H3,(H,22,25). The quantitative estimate of drug-likeness (QED) is 0.932. The lowest BCUT2D eigenvalue weighted by Crippen LogP contribution is -2.43. The minimum absolute atomic E-state index is 0.0301. The van der Waals surface area contributed by atoms with Crippen molar-refractivity contribution < 1.29 is 4.79 Å². The molecule has 25 heavy (non-hydrogen) atoms. The Labute approximate surface area is 149 Å². The van der Waals surface area contributed by atoms with Crippen molar-refractivity contribution in [3.63, 3.8) is 0 Å². The Morgan fingerprint density at radius 2 is 2.16 bits per heavy atom. The summed E-state index contributed by atoms with van der Waals surface area (Å²) < 4.78 is 2.07. The summed E-state index contributed by atoms with van der Waals surface area (Å²) in [4.78, 5) is 19.1. The van der Waals surface area contributed by atoms with E-state index in [0.717, 1.165) is 50.3 Å². The van der Waals surface area contributed by atoms with E-state index in [-0.39, 0.29) is 6.03 Å². The number of imidazole rings is 1. The van der Waals surface area contributed by atoms with E-state index in [2.05, 4.69) is 27.0 Å². The second kappa shape index (κ2) is 6.90. The average molecular weight is 338 g/mol. The Balaban J connectivity index is 1.37. The van der Waals surface area contributed by atoms with Crippen molar-refractivity contribution in [2.24, 2.45) is 13.0 Å². The predicted molar refractivity (Wildman–Crippen MR) is 98.7 cm³/mol. The number of hydrogen-bond acceptors (Lipinski definition) is 2. The third-order valence-electron chi connectivity index (χ3n) is 5.55. The van der Waals surface area contributed by atoms with Gasteiger partial charge in [0.25, 0.3) is 0 Å². The molecule has 0 radical (unpaired) electrons. The third-order valence-corrected chi connectivity index (χ3v) is 5.55. The summed E-state index contributed by atoms with van der Waals surface area (Å²) in [6.45, 7) is 1.65. The van der Waals surface area contributed by atoms with Gasteiger partial charge in [-0.1, -0.05) is 6.07 Å². The molecule has 1 atom stereocenters. The number of carbonyl (C=O) groups is 1. The van der Waals surface area contributed by atoms with Crippen LogP contribution < -0.4 is 5.32 Å². The number of likely N-dealkylation sites (tertiary alicyclic amines) is 1. The molecular weight excluding hydrogens is 312 g/mol. The van der Waals surface area contributed by atoms with Crippen LogP contribution in [0.2, 0.25) is 0 Å². The molecule has 1 saturated heterocycles. The smallest absolute Gasteiger partial charge is 0.321 e. The van der Waals surface area contributed by atoms with Crippen LogP contribution >= 0.6 is 0 Å². The van der Waals surface area contributed by atoms with E-state index >= 15 is 0 Å². The number of aryl methyl sites for hydroxylation is 3. The molecule has 0 spiro atoms. The number of piperidine rings is 1. The van der Waals surface area contributed by atoms with Gasteiger partial charge in [-0.25, -0.2) is 9.78 Å². The largest absolute Gasteiger partial charge is 0.338 e. The predicted octanol–water partition coefficient (Wildman–Crippen LogP) is 3.40. The highest BCUT2D eigenvalue weighted by molar-refractivity contribution is 5.89. The highest BCUT2D eigenvalue weighted by Gasteiger charge is 2.25. The Morgan fingerprint density at radius 1 is 1.28 bits per heavy atom. The fourth-order valence-electron chi connectivity index (χ4n) is 4.12. The molecule has 132 valence electrons. The summed E-state index contributed by atoms with van der Waals surface area (Å²) in [5.74, 6) is 1.59. The number of fused-ring (bicyclic) bond motifs is 1. The summed E-state index contributed by atoms with van der Waals surface area (Å²) in [5.41, 5.74) is 3.76. The van der Waals surface area contributed by atoms with Gasteiger partial charge in [0.05, 0.1) is 0 Å². The van der Waals surface area contributed by atoms with Gasteiger partial charge in [-0.2, -0.15) is 0 Å². The first kappa shape index (κ1) is 16.2. The highest BCUT2D eigenvalue weighted by Crippen LogP contribution is 2.26. The number of nitrogens with zero attached hydrogens (tertiary/aromatic N) is 3. The van der Waals surface area contributed by atoms with E-state index in [1.54, 1.807) is 0 Å². The minimum atomic E-state index is 0.0301. The number of rotatable bonds is 3. The average Bonchev–Trinajstić information content (AvgIpc) is 3.24. The number of anilines is 1. The van der Waals surface area contributed by atoms with E-state index in [9.17, 15) is 4.79 Å². The van der Waals surface area contributed by atoms with E-state index in [1.165, 1.54) is 24.0 Å². The first-order valence-corrected chi connectivity index (χ1v) is 9.33. The maximum absolute atomic E-state index is 12.7. The fourth-order valence-corrected chi connectivity index (χ4v) is 4.12. The molecule has 1 aromatic heterocycles. The summed E-state index contributed by atoms with van der Waals surface area (Å²) in [7, 11) is 2.03. The van der Waals surface area contributed by atoms with Crippen molar-refractivity contribution in [1.29, 1.82) is 0 Å². The zero-order valence-electron chi connectivity index (χ0n) is 14.9. The molecule has 1 N–H and O–H groups in total. The molecule has 1 aliphatic heterocycles. The van der Waals surface area contributed by atoms with Crippen LogP contribution in [0.1, 0.15) is 36.2 Å². The van der Waals surface area contributed by atoms with E-state index in [0.29, 0.717) is 5.92 Å². The fraction of sp³-hybridized carbons (Fsp3) is 0.500. The Bertz CT molecular complexity index is 767. The molecule has 0 saturated carbocycles. The van der Waals surface area contributed by atoms with Gasteiger partial charge in [-0.15, -0.1) is 0 Å². The van der Waals surface area contributed by atoms with Crippen LogP contribution in [0.25, 0.3) is 0 Å². The molecule has 2 amide bonds. The maximum atomic E-state index is 12.7. The number of amides is 2. The van der Waals surface area contributed by atoms with Gasteiger partial charge >= 0.3 is 6.03 Å². The van der Waals surface area contributed by atoms with Gasteiger partial charge in [0.2, 0.25) is 0 Å². The second-order valence-electron chi connectivity index (χ2n) is 7.38. The van der Waals surface area contributed by atoms with Gasteiger partial charge in [-0.3, -0.25) is 0 Å². The van der Waals surface area contributed by atoms with Crippen molar-refractivity contribution in [3.8, 4) is 0 Å². The number of nitrogens with one attached hydrogen (secondary N) is 1. The molecule has 5 nitrogen and oxygen atoms in total. The summed E-state index contributed by atoms with van der Waals surface area (Å²) >= 11 is 0. The highest BCUT2D eigenvalue weighted by atomic mass is 16.2. The van der Waals surface area contributed by atoms with E-state index in [1.807, 2.05) is 30.4 Å². The van der Waals surface area contributed by atoms with Crippen LogP contribution in [0.3, 0.4) is 0 Å². The normalized spacial score (nSPS) is 19.7. The van der Waals surface area contributed by atoms with Crippen LogP contribution in [0.4, 0.5) is 10.5 Å². The SMILES string of the molecule is Cn1ccnc1CC1CCCN(C(=O)Nc2ccc3c(c2)CCC3)C1. The maximum Gasteiger partial charge on any atom is 0.321 e. The lowest BCUT2D eigenvalue weighted by atomic mass is 9.94. The molecule has 2 heterocycles. The summed E-state index contributed by atoms with van der Waals surface area (Å²) in [5, 5.41) is 3.10. The van der Waals surface area contributed by atoms with Crippen molar-refractivity contribution in [1.82, 2.24) is 14.5 Å². The Hall–Kier alpha value is -2.30. The Kier molecular flexibility index (Phi) is 4.47. The summed E-state index contributed by atoms with van der Waals surface area (Å²) in [6.07, 6.45) is 10.5. The van der Waals surface area contributed by atoms with Crippen molar-refractivity contribution in [2.75, 3.05) is 18.4 Å². The van der Waals surface area contributed by atoms with Gasteiger partial charge in [0.1, 0.15) is 5.82 Å². The van der Waals surface area contributed by atoms with Crippen LogP contribution in [-0.4, -0.2) is 33.6 Å². The molecule has 0 bridgehead atoms. The number of benzene rings is 1. The van der Waals surface area contributed by atoms with Gasteiger partial charge in [-0.05, 0) is 61.3 Å². The topological polar surface area (TPSA) is 50.2 Å². The van der Waals surface area contributed by atoms with Crippen LogP contribution in [0.15, 0.2) is 30.6 Å². The summed E-state index contributed by atoms with van der Waals surface area (Å²) in [6, 6.07) is 6.38. The molecular formula is C20H26N4O. The molecule has 1 unspecified atom stereocenters. The molecule has 5 heteroatoms. The zero-order chi connectivity index (χ0) is 17.2. The van der Waals surface area contributed by atoms with E-state index < -0.39 is 0 Å².